The molecule has 1 aromatic rings. The summed E-state index contributed by atoms with van der Waals surface area (Å²) in [6.07, 6.45) is -1.66. The Morgan fingerprint density at radius 3 is 2.64 bits per heavy atom. The van der Waals surface area contributed by atoms with Crippen molar-refractivity contribution in [3.63, 3.8) is 0 Å². The van der Waals surface area contributed by atoms with E-state index in [4.69, 9.17) is 0 Å². The fourth-order valence-electron chi connectivity index (χ4n) is 0.945. The number of aromatic nitrogens is 1. The second-order valence-corrected chi connectivity index (χ2v) is 3.00. The molecule has 0 aliphatic carbocycles. The summed E-state index contributed by atoms with van der Waals surface area (Å²) >= 11 is 2.91. The van der Waals surface area contributed by atoms with E-state index in [1.807, 2.05) is 0 Å². The lowest BCUT2D eigenvalue weighted by Gasteiger charge is -2.06. The number of halogens is 4. The predicted molar refractivity (Wildman–Crippen MR) is 47.2 cm³/mol. The van der Waals surface area contributed by atoms with E-state index >= 15 is 0 Å². The van der Waals surface area contributed by atoms with Crippen LogP contribution in [0.25, 0.3) is 0 Å². The summed E-state index contributed by atoms with van der Waals surface area (Å²) in [7, 11) is 0. The molecule has 76 valence electrons. The molecule has 0 saturated carbocycles. The molecule has 14 heavy (non-hydrogen) atoms. The normalized spacial score (nSPS) is 10.6. The molecule has 0 unspecified atom stereocenters. The highest BCUT2D eigenvalue weighted by Gasteiger charge is 2.20. The molecule has 0 amide bonds. The molecule has 0 spiro atoms. The number of pyridine rings is 1. The standard InChI is InChI=1S/C8H5BrF3NO/c9-1-5-4(3-14)2-13-7(6(5)10)8(11)12/h2-3,8H,1H2. The smallest absolute Gasteiger partial charge is 0.283 e. The van der Waals surface area contributed by atoms with Crippen molar-refractivity contribution in [2.24, 2.45) is 0 Å². The van der Waals surface area contributed by atoms with E-state index in [0.717, 1.165) is 6.20 Å². The summed E-state index contributed by atoms with van der Waals surface area (Å²) in [5.41, 5.74) is -1.04. The summed E-state index contributed by atoms with van der Waals surface area (Å²) in [5.74, 6) is -1.12. The number of carbonyl (C=O) groups is 1. The third-order valence-electron chi connectivity index (χ3n) is 1.65. The molecule has 1 aromatic heterocycles. The van der Waals surface area contributed by atoms with E-state index < -0.39 is 17.9 Å². The van der Waals surface area contributed by atoms with E-state index in [9.17, 15) is 18.0 Å². The fraction of sp³-hybridized carbons (Fsp3) is 0.250. The fourth-order valence-corrected chi connectivity index (χ4v) is 1.51. The van der Waals surface area contributed by atoms with Gasteiger partial charge in [-0.1, -0.05) is 15.9 Å². The number of hydrogen-bond acceptors (Lipinski definition) is 2. The first-order valence-electron chi connectivity index (χ1n) is 3.58. The van der Waals surface area contributed by atoms with Crippen molar-refractivity contribution in [3.05, 3.63) is 28.8 Å². The minimum atomic E-state index is -2.98. The van der Waals surface area contributed by atoms with Crippen LogP contribution in [0.5, 0.6) is 0 Å². The van der Waals surface area contributed by atoms with Crippen LogP contribution in [0.15, 0.2) is 6.20 Å². The molecule has 0 radical (unpaired) electrons. The average Bonchev–Trinajstić information content (AvgIpc) is 2.16. The van der Waals surface area contributed by atoms with Gasteiger partial charge in [0.15, 0.2) is 12.1 Å². The lowest BCUT2D eigenvalue weighted by atomic mass is 10.1. The summed E-state index contributed by atoms with van der Waals surface area (Å²) in [5, 5.41) is -0.00481. The Morgan fingerprint density at radius 1 is 1.57 bits per heavy atom. The van der Waals surface area contributed by atoms with Crippen LogP contribution in [-0.2, 0) is 5.33 Å². The Hall–Kier alpha value is -0.910. The van der Waals surface area contributed by atoms with E-state index in [2.05, 4.69) is 20.9 Å². The van der Waals surface area contributed by atoms with Crippen LogP contribution in [0, 0.1) is 5.82 Å². The van der Waals surface area contributed by atoms with Gasteiger partial charge in [-0.05, 0) is 0 Å². The highest BCUT2D eigenvalue weighted by Crippen LogP contribution is 2.24. The molecule has 0 aliphatic rings. The van der Waals surface area contributed by atoms with Crippen molar-refractivity contribution in [1.82, 2.24) is 4.98 Å². The number of aldehydes is 1. The van der Waals surface area contributed by atoms with E-state index in [-0.39, 0.29) is 16.5 Å². The highest BCUT2D eigenvalue weighted by molar-refractivity contribution is 9.08. The number of rotatable bonds is 3. The molecule has 0 aliphatic heterocycles. The monoisotopic (exact) mass is 267 g/mol. The Balaban J connectivity index is 3.34. The lowest BCUT2D eigenvalue weighted by molar-refractivity contribution is 0.111. The number of nitrogens with zero attached hydrogens (tertiary/aromatic N) is 1. The van der Waals surface area contributed by atoms with Gasteiger partial charge in [-0.2, -0.15) is 0 Å². The van der Waals surface area contributed by atoms with Crippen molar-refractivity contribution in [1.29, 1.82) is 0 Å². The maximum absolute atomic E-state index is 13.2. The quantitative estimate of drug-likeness (QED) is 0.623. The molecular formula is C8H5BrF3NO. The Bertz CT molecular complexity index is 357. The molecule has 0 N–H and O–H groups in total. The number of alkyl halides is 3. The van der Waals surface area contributed by atoms with Crippen LogP contribution >= 0.6 is 15.9 Å². The highest BCUT2D eigenvalue weighted by atomic mass is 79.9. The summed E-state index contributed by atoms with van der Waals surface area (Å²) in [6.45, 7) is 0. The Morgan fingerprint density at radius 2 is 2.21 bits per heavy atom. The van der Waals surface area contributed by atoms with E-state index in [1.54, 1.807) is 0 Å². The summed E-state index contributed by atoms with van der Waals surface area (Å²) in [6, 6.07) is 0. The van der Waals surface area contributed by atoms with Crippen molar-refractivity contribution >= 4 is 22.2 Å². The first-order chi connectivity index (χ1) is 6.61. The Labute approximate surface area is 86.3 Å². The van der Waals surface area contributed by atoms with Gasteiger partial charge < -0.3 is 0 Å². The molecule has 2 nitrogen and oxygen atoms in total. The van der Waals surface area contributed by atoms with E-state index in [0.29, 0.717) is 6.29 Å². The minimum Gasteiger partial charge on any atom is -0.298 e. The van der Waals surface area contributed by atoms with Crippen LogP contribution < -0.4 is 0 Å². The molecule has 1 heterocycles. The van der Waals surface area contributed by atoms with Gasteiger partial charge in [-0.15, -0.1) is 0 Å². The van der Waals surface area contributed by atoms with Crippen molar-refractivity contribution in [3.8, 4) is 0 Å². The van der Waals surface area contributed by atoms with Crippen LogP contribution in [0.3, 0.4) is 0 Å². The van der Waals surface area contributed by atoms with Gasteiger partial charge in [0.1, 0.15) is 5.69 Å². The molecule has 0 aromatic carbocycles. The maximum atomic E-state index is 13.2. The zero-order valence-electron chi connectivity index (χ0n) is 6.81. The van der Waals surface area contributed by atoms with Gasteiger partial charge in [-0.25, -0.2) is 13.2 Å². The predicted octanol–water partition coefficient (Wildman–Crippen LogP) is 2.87. The third kappa shape index (κ3) is 1.95. The lowest BCUT2D eigenvalue weighted by Crippen LogP contribution is -2.03. The molecule has 1 rings (SSSR count). The number of hydrogen-bond donors (Lipinski definition) is 0. The molecule has 0 atom stereocenters. The molecule has 0 saturated heterocycles. The second kappa shape index (κ2) is 4.54. The zero-order chi connectivity index (χ0) is 10.7. The SMILES string of the molecule is O=Cc1cnc(C(F)F)c(F)c1CBr. The summed E-state index contributed by atoms with van der Waals surface area (Å²) in [4.78, 5) is 13.6. The summed E-state index contributed by atoms with van der Waals surface area (Å²) < 4.78 is 37.6. The van der Waals surface area contributed by atoms with Gasteiger partial charge in [0, 0.05) is 22.7 Å². The van der Waals surface area contributed by atoms with Crippen molar-refractivity contribution in [2.75, 3.05) is 0 Å². The van der Waals surface area contributed by atoms with Gasteiger partial charge >= 0.3 is 0 Å². The maximum Gasteiger partial charge on any atom is 0.283 e. The van der Waals surface area contributed by atoms with Gasteiger partial charge in [0.25, 0.3) is 6.43 Å². The average molecular weight is 268 g/mol. The topological polar surface area (TPSA) is 30.0 Å². The first-order valence-corrected chi connectivity index (χ1v) is 4.70. The van der Waals surface area contributed by atoms with Crippen molar-refractivity contribution in [2.45, 2.75) is 11.8 Å². The Kier molecular flexibility index (Phi) is 3.62. The van der Waals surface area contributed by atoms with Crippen LogP contribution in [0.2, 0.25) is 0 Å². The molecule has 0 fully saturated rings. The van der Waals surface area contributed by atoms with Gasteiger partial charge in [0.2, 0.25) is 0 Å². The van der Waals surface area contributed by atoms with Gasteiger partial charge in [-0.3, -0.25) is 9.78 Å². The second-order valence-electron chi connectivity index (χ2n) is 2.44. The van der Waals surface area contributed by atoms with Crippen LogP contribution in [0.4, 0.5) is 13.2 Å². The zero-order valence-corrected chi connectivity index (χ0v) is 8.39. The van der Waals surface area contributed by atoms with Crippen LogP contribution in [-0.4, -0.2) is 11.3 Å². The third-order valence-corrected chi connectivity index (χ3v) is 2.21. The first kappa shape index (κ1) is 11.2. The molecule has 6 heteroatoms. The van der Waals surface area contributed by atoms with Crippen LogP contribution in [0.1, 0.15) is 28.0 Å². The minimum absolute atomic E-state index is 0.00481. The molecule has 0 bridgehead atoms. The van der Waals surface area contributed by atoms with Gasteiger partial charge in [0.05, 0.1) is 0 Å². The number of carbonyl (C=O) groups excluding carboxylic acids is 1. The van der Waals surface area contributed by atoms with Crippen molar-refractivity contribution < 1.29 is 18.0 Å². The molecular weight excluding hydrogens is 263 g/mol. The van der Waals surface area contributed by atoms with E-state index in [1.165, 1.54) is 0 Å². The largest absolute Gasteiger partial charge is 0.298 e.